The quantitative estimate of drug-likeness (QED) is 0.801. The van der Waals surface area contributed by atoms with E-state index in [4.69, 9.17) is 4.74 Å². The van der Waals surface area contributed by atoms with Crippen LogP contribution in [0.1, 0.15) is 12.6 Å². The molecular formula is C14H18N2O. The van der Waals surface area contributed by atoms with Crippen molar-refractivity contribution in [2.45, 2.75) is 13.8 Å². The van der Waals surface area contributed by atoms with Gasteiger partial charge in [0.1, 0.15) is 12.4 Å². The summed E-state index contributed by atoms with van der Waals surface area (Å²) in [4.78, 5) is 4.49. The van der Waals surface area contributed by atoms with Gasteiger partial charge in [-0.1, -0.05) is 19.1 Å². The summed E-state index contributed by atoms with van der Waals surface area (Å²) in [6.45, 7) is 6.60. The van der Waals surface area contributed by atoms with Gasteiger partial charge in [0.25, 0.3) is 0 Å². The van der Waals surface area contributed by atoms with E-state index in [0.717, 1.165) is 35.4 Å². The Morgan fingerprint density at radius 1 is 1.29 bits per heavy atom. The lowest BCUT2D eigenvalue weighted by Gasteiger charge is -2.10. The molecule has 0 saturated carbocycles. The van der Waals surface area contributed by atoms with Crippen molar-refractivity contribution in [3.05, 3.63) is 36.0 Å². The van der Waals surface area contributed by atoms with Gasteiger partial charge in [0.2, 0.25) is 0 Å². The van der Waals surface area contributed by atoms with Crippen molar-refractivity contribution < 1.29 is 4.74 Å². The second-order valence-corrected chi connectivity index (χ2v) is 3.98. The maximum Gasteiger partial charge on any atom is 0.130 e. The van der Waals surface area contributed by atoms with E-state index in [1.807, 2.05) is 37.3 Å². The van der Waals surface area contributed by atoms with Crippen LogP contribution in [0.3, 0.4) is 0 Å². The van der Waals surface area contributed by atoms with Crippen molar-refractivity contribution in [3.8, 4) is 5.75 Å². The fourth-order valence-electron chi connectivity index (χ4n) is 1.80. The summed E-state index contributed by atoms with van der Waals surface area (Å²) >= 11 is 0. The van der Waals surface area contributed by atoms with Gasteiger partial charge in [-0.15, -0.1) is 0 Å². The lowest BCUT2D eigenvalue weighted by molar-refractivity contribution is 0.318. The molecule has 1 heterocycles. The number of ether oxygens (including phenoxy) is 1. The summed E-state index contributed by atoms with van der Waals surface area (Å²) in [6.07, 6.45) is 0. The second kappa shape index (κ2) is 5.64. The van der Waals surface area contributed by atoms with E-state index in [1.165, 1.54) is 0 Å². The van der Waals surface area contributed by atoms with E-state index in [1.54, 1.807) is 0 Å². The molecule has 0 atom stereocenters. The standard InChI is InChI=1S/C14H18N2O/c1-3-15-8-9-17-14-10-11(2)16-13-7-5-4-6-12(13)14/h4-7,10,15H,3,8-9H2,1-2H3. The summed E-state index contributed by atoms with van der Waals surface area (Å²) in [6, 6.07) is 10.1. The molecule has 0 radical (unpaired) electrons. The highest BCUT2D eigenvalue weighted by Gasteiger charge is 2.03. The predicted octanol–water partition coefficient (Wildman–Crippen LogP) is 2.53. The van der Waals surface area contributed by atoms with Crippen molar-refractivity contribution >= 4 is 10.9 Å². The van der Waals surface area contributed by atoms with E-state index in [9.17, 15) is 0 Å². The molecule has 1 aromatic heterocycles. The Labute approximate surface area is 102 Å². The molecule has 2 aromatic rings. The predicted molar refractivity (Wildman–Crippen MR) is 70.5 cm³/mol. The van der Waals surface area contributed by atoms with Crippen molar-refractivity contribution in [2.24, 2.45) is 0 Å². The Kier molecular flexibility index (Phi) is 3.94. The third kappa shape index (κ3) is 2.94. The topological polar surface area (TPSA) is 34.1 Å². The van der Waals surface area contributed by atoms with Crippen LogP contribution in [0, 0.1) is 6.92 Å². The number of hydrogen-bond donors (Lipinski definition) is 1. The number of pyridine rings is 1. The first kappa shape index (κ1) is 11.9. The Balaban J connectivity index is 2.20. The Bertz CT molecular complexity index is 497. The summed E-state index contributed by atoms with van der Waals surface area (Å²) in [5.74, 6) is 0.922. The molecule has 3 nitrogen and oxygen atoms in total. The van der Waals surface area contributed by atoms with Gasteiger partial charge in [-0.2, -0.15) is 0 Å². The van der Waals surface area contributed by atoms with Crippen LogP contribution < -0.4 is 10.1 Å². The van der Waals surface area contributed by atoms with Gasteiger partial charge in [0.05, 0.1) is 5.52 Å². The highest BCUT2D eigenvalue weighted by Crippen LogP contribution is 2.24. The van der Waals surface area contributed by atoms with Crippen LogP contribution in [0.2, 0.25) is 0 Å². The average molecular weight is 230 g/mol. The summed E-state index contributed by atoms with van der Waals surface area (Å²) in [5, 5.41) is 4.32. The molecule has 2 rings (SSSR count). The van der Waals surface area contributed by atoms with Crippen LogP contribution in [0.25, 0.3) is 10.9 Å². The first-order valence-corrected chi connectivity index (χ1v) is 6.01. The maximum absolute atomic E-state index is 5.80. The Morgan fingerprint density at radius 2 is 2.12 bits per heavy atom. The van der Waals surface area contributed by atoms with Gasteiger partial charge in [-0.05, 0) is 25.6 Å². The highest BCUT2D eigenvalue weighted by molar-refractivity contribution is 5.85. The largest absolute Gasteiger partial charge is 0.491 e. The molecule has 0 aliphatic carbocycles. The number of nitrogens with one attached hydrogen (secondary N) is 1. The first-order valence-electron chi connectivity index (χ1n) is 6.01. The van der Waals surface area contributed by atoms with Crippen molar-refractivity contribution in [1.29, 1.82) is 0 Å². The zero-order chi connectivity index (χ0) is 12.1. The zero-order valence-corrected chi connectivity index (χ0v) is 10.4. The van der Waals surface area contributed by atoms with Crippen LogP contribution in [0.5, 0.6) is 5.75 Å². The molecule has 0 bridgehead atoms. The van der Waals surface area contributed by atoms with Gasteiger partial charge in [-0.25, -0.2) is 0 Å². The van der Waals surface area contributed by atoms with Crippen molar-refractivity contribution in [2.75, 3.05) is 19.7 Å². The van der Waals surface area contributed by atoms with Gasteiger partial charge in [-0.3, -0.25) is 4.98 Å². The van der Waals surface area contributed by atoms with Gasteiger partial charge in [0, 0.05) is 23.7 Å². The number of aromatic nitrogens is 1. The summed E-state index contributed by atoms with van der Waals surface area (Å²) in [5.41, 5.74) is 1.98. The number of para-hydroxylation sites is 1. The molecule has 90 valence electrons. The summed E-state index contributed by atoms with van der Waals surface area (Å²) in [7, 11) is 0. The van der Waals surface area contributed by atoms with Gasteiger partial charge >= 0.3 is 0 Å². The van der Waals surface area contributed by atoms with Gasteiger partial charge in [0.15, 0.2) is 0 Å². The third-order valence-corrected chi connectivity index (χ3v) is 2.59. The minimum atomic E-state index is 0.682. The molecule has 0 amide bonds. The Hall–Kier alpha value is -1.61. The molecule has 1 N–H and O–H groups in total. The van der Waals surface area contributed by atoms with E-state index in [2.05, 4.69) is 17.2 Å². The molecule has 0 fully saturated rings. The van der Waals surface area contributed by atoms with Crippen molar-refractivity contribution in [1.82, 2.24) is 10.3 Å². The van der Waals surface area contributed by atoms with E-state index in [-0.39, 0.29) is 0 Å². The van der Waals surface area contributed by atoms with E-state index in [0.29, 0.717) is 6.61 Å². The van der Waals surface area contributed by atoms with Crippen LogP contribution in [0.15, 0.2) is 30.3 Å². The average Bonchev–Trinajstić information content (AvgIpc) is 2.34. The molecule has 3 heteroatoms. The number of nitrogens with zero attached hydrogens (tertiary/aromatic N) is 1. The monoisotopic (exact) mass is 230 g/mol. The number of hydrogen-bond acceptors (Lipinski definition) is 3. The molecular weight excluding hydrogens is 212 g/mol. The molecule has 0 aliphatic heterocycles. The zero-order valence-electron chi connectivity index (χ0n) is 10.4. The number of likely N-dealkylation sites (N-methyl/N-ethyl adjacent to an activating group) is 1. The van der Waals surface area contributed by atoms with Crippen LogP contribution in [-0.2, 0) is 0 Å². The molecule has 0 spiro atoms. The SMILES string of the molecule is CCNCCOc1cc(C)nc2ccccc12. The normalized spacial score (nSPS) is 10.7. The second-order valence-electron chi connectivity index (χ2n) is 3.98. The van der Waals surface area contributed by atoms with Crippen LogP contribution >= 0.6 is 0 Å². The lowest BCUT2D eigenvalue weighted by Crippen LogP contribution is -2.20. The molecule has 1 aromatic carbocycles. The van der Waals surface area contributed by atoms with Gasteiger partial charge < -0.3 is 10.1 Å². The number of aryl methyl sites for hydroxylation is 1. The Morgan fingerprint density at radius 3 is 2.94 bits per heavy atom. The first-order chi connectivity index (χ1) is 8.31. The van der Waals surface area contributed by atoms with E-state index < -0.39 is 0 Å². The lowest BCUT2D eigenvalue weighted by atomic mass is 10.2. The molecule has 0 saturated heterocycles. The molecule has 0 aliphatic rings. The fraction of sp³-hybridized carbons (Fsp3) is 0.357. The fourth-order valence-corrected chi connectivity index (χ4v) is 1.80. The molecule has 0 unspecified atom stereocenters. The minimum Gasteiger partial charge on any atom is -0.491 e. The number of fused-ring (bicyclic) bond motifs is 1. The molecule has 17 heavy (non-hydrogen) atoms. The minimum absolute atomic E-state index is 0.682. The maximum atomic E-state index is 5.80. The number of rotatable bonds is 5. The van der Waals surface area contributed by atoms with Crippen molar-refractivity contribution in [3.63, 3.8) is 0 Å². The number of benzene rings is 1. The summed E-state index contributed by atoms with van der Waals surface area (Å²) < 4.78 is 5.80. The third-order valence-electron chi connectivity index (χ3n) is 2.59. The highest BCUT2D eigenvalue weighted by atomic mass is 16.5. The van der Waals surface area contributed by atoms with Crippen LogP contribution in [-0.4, -0.2) is 24.7 Å². The van der Waals surface area contributed by atoms with E-state index >= 15 is 0 Å². The van der Waals surface area contributed by atoms with Crippen LogP contribution in [0.4, 0.5) is 0 Å². The smallest absolute Gasteiger partial charge is 0.130 e.